The topological polar surface area (TPSA) is 75.7 Å². The normalized spacial score (nSPS) is 17.8. The van der Waals surface area contributed by atoms with E-state index in [4.69, 9.17) is 5.73 Å². The molecular formula is C28H52N3O2+. The summed E-state index contributed by atoms with van der Waals surface area (Å²) in [6, 6.07) is 0. The average molecular weight is 463 g/mol. The number of aliphatic imine (C=N–C) groups is 1. The van der Waals surface area contributed by atoms with Gasteiger partial charge < -0.3 is 10.8 Å². The summed E-state index contributed by atoms with van der Waals surface area (Å²) in [6.07, 6.45) is 32.3. The quantitative estimate of drug-likeness (QED) is 0.123. The number of carboxylic acids is 1. The van der Waals surface area contributed by atoms with Crippen LogP contribution in [0.4, 0.5) is 0 Å². The molecule has 0 fully saturated rings. The lowest BCUT2D eigenvalue weighted by molar-refractivity contribution is -0.775. The molecule has 0 aromatic rings. The molecule has 3 N–H and O–H groups in total. The van der Waals surface area contributed by atoms with E-state index < -0.39 is 5.97 Å². The molecule has 33 heavy (non-hydrogen) atoms. The predicted molar refractivity (Wildman–Crippen MR) is 141 cm³/mol. The molecule has 1 rings (SSSR count). The minimum absolute atomic E-state index is 0.00397. The number of unbranched alkanes of at least 4 members (excludes halogenated alkanes) is 17. The molecule has 1 unspecified atom stereocenters. The van der Waals surface area contributed by atoms with Crippen LogP contribution in [-0.2, 0) is 4.79 Å². The number of amidine groups is 1. The fourth-order valence-corrected chi connectivity index (χ4v) is 4.67. The summed E-state index contributed by atoms with van der Waals surface area (Å²) in [6.45, 7) is 3.27. The average Bonchev–Trinajstić information content (AvgIpc) is 3.16. The van der Waals surface area contributed by atoms with Gasteiger partial charge in [0.25, 0.3) is 0 Å². The number of nitrogens with two attached hydrogens (primary N) is 1. The zero-order valence-corrected chi connectivity index (χ0v) is 21.5. The summed E-state index contributed by atoms with van der Waals surface area (Å²) in [5.74, 6) is -0.0425. The molecule has 0 saturated heterocycles. The van der Waals surface area contributed by atoms with Crippen molar-refractivity contribution in [3.8, 4) is 0 Å². The van der Waals surface area contributed by atoms with Crippen molar-refractivity contribution in [2.24, 2.45) is 10.7 Å². The van der Waals surface area contributed by atoms with Gasteiger partial charge in [-0.2, -0.15) is 4.99 Å². The first kappa shape index (κ1) is 29.6. The number of aliphatic carboxylic acids is 1. The molecular weight excluding hydrogens is 410 g/mol. The van der Waals surface area contributed by atoms with Gasteiger partial charge in [-0.05, 0) is 12.8 Å². The van der Waals surface area contributed by atoms with E-state index in [-0.39, 0.29) is 11.0 Å². The Morgan fingerprint density at radius 3 is 1.82 bits per heavy atom. The Bertz CT molecular complexity index is 586. The molecule has 1 atom stereocenters. The van der Waals surface area contributed by atoms with Crippen LogP contribution in [0.15, 0.2) is 29.5 Å². The van der Waals surface area contributed by atoms with Gasteiger partial charge in [0, 0.05) is 12.6 Å². The SMILES string of the molecule is CCCCCCCCCCCCCCCCCCC/C=C/C1=NC=C[N+]1(CCN)CC(=O)O. The molecule has 0 aromatic carbocycles. The highest BCUT2D eigenvalue weighted by Crippen LogP contribution is 2.18. The van der Waals surface area contributed by atoms with Crippen molar-refractivity contribution in [1.82, 2.24) is 0 Å². The highest BCUT2D eigenvalue weighted by atomic mass is 16.4. The highest BCUT2D eigenvalue weighted by molar-refractivity contribution is 5.90. The van der Waals surface area contributed by atoms with Crippen LogP contribution >= 0.6 is 0 Å². The molecule has 1 aliphatic rings. The van der Waals surface area contributed by atoms with Gasteiger partial charge in [0.05, 0.1) is 6.20 Å². The summed E-state index contributed by atoms with van der Waals surface area (Å²) in [5.41, 5.74) is 5.71. The minimum Gasteiger partial charge on any atom is -0.477 e. The van der Waals surface area contributed by atoms with E-state index in [0.29, 0.717) is 13.1 Å². The van der Waals surface area contributed by atoms with Crippen molar-refractivity contribution in [1.29, 1.82) is 0 Å². The molecule has 0 amide bonds. The largest absolute Gasteiger partial charge is 0.477 e. The molecule has 0 aromatic heterocycles. The van der Waals surface area contributed by atoms with E-state index >= 15 is 0 Å². The van der Waals surface area contributed by atoms with Crippen molar-refractivity contribution < 1.29 is 14.4 Å². The molecule has 190 valence electrons. The number of allylic oxidation sites excluding steroid dienone is 1. The van der Waals surface area contributed by atoms with Gasteiger partial charge >= 0.3 is 5.97 Å². The van der Waals surface area contributed by atoms with Crippen molar-refractivity contribution in [3.05, 3.63) is 24.6 Å². The van der Waals surface area contributed by atoms with Gasteiger partial charge in [0.2, 0.25) is 5.84 Å². The zero-order valence-electron chi connectivity index (χ0n) is 21.5. The second-order valence-electron chi connectivity index (χ2n) is 9.73. The maximum absolute atomic E-state index is 11.3. The van der Waals surface area contributed by atoms with E-state index in [0.717, 1.165) is 12.3 Å². The summed E-state index contributed by atoms with van der Waals surface area (Å²) in [4.78, 5) is 15.6. The minimum atomic E-state index is -0.829. The lowest BCUT2D eigenvalue weighted by Gasteiger charge is -2.28. The van der Waals surface area contributed by atoms with E-state index in [9.17, 15) is 9.90 Å². The Balaban J connectivity index is 1.94. The number of nitrogens with zero attached hydrogens (tertiary/aromatic N) is 2. The van der Waals surface area contributed by atoms with Gasteiger partial charge in [-0.1, -0.05) is 116 Å². The highest BCUT2D eigenvalue weighted by Gasteiger charge is 2.35. The lowest BCUT2D eigenvalue weighted by Crippen LogP contribution is -2.51. The van der Waals surface area contributed by atoms with E-state index in [2.05, 4.69) is 18.0 Å². The molecule has 0 bridgehead atoms. The molecule has 5 nitrogen and oxygen atoms in total. The van der Waals surface area contributed by atoms with Crippen LogP contribution in [0.25, 0.3) is 0 Å². The molecule has 0 spiro atoms. The number of carbonyl (C=O) groups is 1. The lowest BCUT2D eigenvalue weighted by atomic mass is 10.0. The van der Waals surface area contributed by atoms with Crippen LogP contribution in [-0.4, -0.2) is 41.0 Å². The maximum Gasteiger partial charge on any atom is 0.360 e. The van der Waals surface area contributed by atoms with Crippen molar-refractivity contribution in [3.63, 3.8) is 0 Å². The molecule has 5 heteroatoms. The van der Waals surface area contributed by atoms with Gasteiger partial charge in [0.15, 0.2) is 6.54 Å². The number of hydrogen-bond donors (Lipinski definition) is 2. The number of carboxylic acid groups (broad SMARTS) is 1. The van der Waals surface area contributed by atoms with Gasteiger partial charge in [-0.3, -0.25) is 0 Å². The van der Waals surface area contributed by atoms with Crippen LogP contribution < -0.4 is 5.73 Å². The number of hydrogen-bond acceptors (Lipinski definition) is 3. The summed E-state index contributed by atoms with van der Waals surface area (Å²) in [7, 11) is 0. The van der Waals surface area contributed by atoms with Crippen LogP contribution in [0.5, 0.6) is 0 Å². The Kier molecular flexibility index (Phi) is 17.9. The Morgan fingerprint density at radius 1 is 0.879 bits per heavy atom. The number of rotatable bonds is 23. The third-order valence-electron chi connectivity index (χ3n) is 6.70. The first-order valence-electron chi connectivity index (χ1n) is 13.9. The standard InChI is InChI=1S/C28H51N3O2/c1-2-3-4-5-6-7-8-9-10-11-12-13-14-15-16-17-18-19-20-21-27-30-23-25-31(27,24-22-29)26-28(32)33/h20-21,23,25H,2-19,22,24,26,29H2,1H3/p+1/b21-20+. The smallest absolute Gasteiger partial charge is 0.360 e. The van der Waals surface area contributed by atoms with Gasteiger partial charge in [-0.25, -0.2) is 9.28 Å². The molecule has 1 heterocycles. The zero-order chi connectivity index (χ0) is 24.0. The molecule has 0 saturated carbocycles. The second-order valence-corrected chi connectivity index (χ2v) is 9.73. The van der Waals surface area contributed by atoms with E-state index in [1.54, 1.807) is 6.20 Å². The van der Waals surface area contributed by atoms with Crippen molar-refractivity contribution >= 4 is 11.8 Å². The van der Waals surface area contributed by atoms with Crippen molar-refractivity contribution in [2.45, 2.75) is 122 Å². The Labute approximate surface area is 203 Å². The summed E-state index contributed by atoms with van der Waals surface area (Å²) in [5, 5.41) is 9.25. The third kappa shape index (κ3) is 14.4. The number of quaternary nitrogens is 1. The van der Waals surface area contributed by atoms with Crippen LogP contribution in [0, 0.1) is 0 Å². The molecule has 0 radical (unpaired) electrons. The van der Waals surface area contributed by atoms with Gasteiger partial charge in [0.1, 0.15) is 12.7 Å². The summed E-state index contributed by atoms with van der Waals surface area (Å²) < 4.78 is 0.224. The van der Waals surface area contributed by atoms with Crippen molar-refractivity contribution in [2.75, 3.05) is 19.6 Å². The van der Waals surface area contributed by atoms with Gasteiger partial charge in [-0.15, -0.1) is 0 Å². The monoisotopic (exact) mass is 462 g/mol. The first-order chi connectivity index (χ1) is 16.1. The third-order valence-corrected chi connectivity index (χ3v) is 6.70. The summed E-state index contributed by atoms with van der Waals surface area (Å²) >= 11 is 0. The molecule has 1 aliphatic heterocycles. The fourth-order valence-electron chi connectivity index (χ4n) is 4.67. The fraction of sp³-hybridized carbons (Fsp3) is 0.786. The first-order valence-corrected chi connectivity index (χ1v) is 13.9. The Hall–Kier alpha value is -1.46. The molecule has 0 aliphatic carbocycles. The predicted octanol–water partition coefficient (Wildman–Crippen LogP) is 7.33. The van der Waals surface area contributed by atoms with Crippen LogP contribution in [0.3, 0.4) is 0 Å². The van der Waals surface area contributed by atoms with E-state index in [1.807, 2.05) is 12.3 Å². The Morgan fingerprint density at radius 2 is 1.36 bits per heavy atom. The van der Waals surface area contributed by atoms with Crippen LogP contribution in [0.1, 0.15) is 122 Å². The van der Waals surface area contributed by atoms with Crippen LogP contribution in [0.2, 0.25) is 0 Å². The maximum atomic E-state index is 11.3. The second kappa shape index (κ2) is 20.0. The van der Waals surface area contributed by atoms with E-state index in [1.165, 1.54) is 109 Å².